The van der Waals surface area contributed by atoms with Crippen LogP contribution in [0.1, 0.15) is 10.4 Å². The standard InChI is InChI=1S/C8H6ClNO5/c1-15-6-3-4(10(13)14)2-5(7(6)9)8(11)12/h2-3H,1H3,(H,11,12). The normalized spacial score (nSPS) is 9.73. The van der Waals surface area contributed by atoms with Crippen molar-refractivity contribution in [3.8, 4) is 5.75 Å². The summed E-state index contributed by atoms with van der Waals surface area (Å²) in [6.07, 6.45) is 0. The molecule has 0 aromatic heterocycles. The van der Waals surface area contributed by atoms with E-state index in [0.717, 1.165) is 12.1 Å². The number of hydrogen-bond acceptors (Lipinski definition) is 4. The van der Waals surface area contributed by atoms with Gasteiger partial charge in [0.25, 0.3) is 5.69 Å². The van der Waals surface area contributed by atoms with E-state index in [1.54, 1.807) is 0 Å². The van der Waals surface area contributed by atoms with Gasteiger partial charge < -0.3 is 9.84 Å². The van der Waals surface area contributed by atoms with E-state index in [1.165, 1.54) is 7.11 Å². The summed E-state index contributed by atoms with van der Waals surface area (Å²) in [5, 5.41) is 19.0. The molecular formula is C8H6ClNO5. The molecule has 6 nitrogen and oxygen atoms in total. The second kappa shape index (κ2) is 4.14. The summed E-state index contributed by atoms with van der Waals surface area (Å²) in [7, 11) is 1.25. The number of carboxylic acids is 1. The summed E-state index contributed by atoms with van der Waals surface area (Å²) in [5.74, 6) is -1.38. The lowest BCUT2D eigenvalue weighted by Gasteiger charge is -2.05. The van der Waals surface area contributed by atoms with Gasteiger partial charge in [-0.2, -0.15) is 0 Å². The summed E-state index contributed by atoms with van der Waals surface area (Å²) in [6, 6.07) is 1.95. The number of hydrogen-bond donors (Lipinski definition) is 1. The summed E-state index contributed by atoms with van der Waals surface area (Å²) in [4.78, 5) is 20.5. The largest absolute Gasteiger partial charge is 0.495 e. The number of nitro benzene ring substituents is 1. The molecule has 0 fully saturated rings. The minimum atomic E-state index is -1.35. The molecule has 0 saturated heterocycles. The van der Waals surface area contributed by atoms with Crippen LogP contribution < -0.4 is 4.74 Å². The van der Waals surface area contributed by atoms with Crippen LogP contribution >= 0.6 is 11.6 Å². The second-order valence-electron chi connectivity index (χ2n) is 2.57. The molecule has 0 amide bonds. The van der Waals surface area contributed by atoms with Gasteiger partial charge in [0.1, 0.15) is 5.75 Å². The highest BCUT2D eigenvalue weighted by molar-refractivity contribution is 6.35. The Labute approximate surface area is 89.2 Å². The Morgan fingerprint density at radius 2 is 2.20 bits per heavy atom. The Morgan fingerprint density at radius 3 is 2.60 bits per heavy atom. The molecule has 1 aromatic rings. The van der Waals surface area contributed by atoms with Gasteiger partial charge in [0.15, 0.2) is 0 Å². The van der Waals surface area contributed by atoms with Crippen LogP contribution in [0.3, 0.4) is 0 Å². The molecule has 0 atom stereocenters. The zero-order chi connectivity index (χ0) is 11.6. The molecule has 1 aromatic carbocycles. The van der Waals surface area contributed by atoms with Crippen molar-refractivity contribution in [3.63, 3.8) is 0 Å². The van der Waals surface area contributed by atoms with Gasteiger partial charge in [-0.3, -0.25) is 10.1 Å². The Bertz CT molecular complexity index is 431. The maximum Gasteiger partial charge on any atom is 0.337 e. The Morgan fingerprint density at radius 1 is 1.60 bits per heavy atom. The van der Waals surface area contributed by atoms with E-state index in [9.17, 15) is 14.9 Å². The number of halogens is 1. The molecule has 0 radical (unpaired) electrons. The molecule has 0 spiro atoms. The molecule has 1 N–H and O–H groups in total. The summed E-state index contributed by atoms with van der Waals surface area (Å²) >= 11 is 5.65. The number of non-ortho nitro benzene ring substituents is 1. The SMILES string of the molecule is COc1cc([N+](=O)[O-])cc(C(=O)O)c1Cl. The van der Waals surface area contributed by atoms with Crippen LogP contribution in [0.15, 0.2) is 12.1 Å². The summed E-state index contributed by atoms with van der Waals surface area (Å²) < 4.78 is 4.73. The second-order valence-corrected chi connectivity index (χ2v) is 2.95. The first kappa shape index (κ1) is 11.3. The number of methoxy groups -OCH3 is 1. The molecule has 1 rings (SSSR count). The lowest BCUT2D eigenvalue weighted by molar-refractivity contribution is -0.385. The predicted molar refractivity (Wildman–Crippen MR) is 51.6 cm³/mol. The van der Waals surface area contributed by atoms with E-state index in [-0.39, 0.29) is 22.0 Å². The lowest BCUT2D eigenvalue weighted by Crippen LogP contribution is -2.01. The van der Waals surface area contributed by atoms with Crippen molar-refractivity contribution in [2.45, 2.75) is 0 Å². The third kappa shape index (κ3) is 2.16. The van der Waals surface area contributed by atoms with Crippen molar-refractivity contribution in [2.24, 2.45) is 0 Å². The molecule has 0 unspecified atom stereocenters. The highest BCUT2D eigenvalue weighted by Gasteiger charge is 2.19. The van der Waals surface area contributed by atoms with Gasteiger partial charge in [0.05, 0.1) is 28.7 Å². The molecule has 15 heavy (non-hydrogen) atoms. The van der Waals surface area contributed by atoms with Gasteiger partial charge in [-0.25, -0.2) is 4.79 Å². The Hall–Kier alpha value is -1.82. The van der Waals surface area contributed by atoms with E-state index in [0.29, 0.717) is 0 Å². The Kier molecular flexibility index (Phi) is 3.11. The smallest absolute Gasteiger partial charge is 0.337 e. The van der Waals surface area contributed by atoms with Crippen molar-refractivity contribution >= 4 is 23.3 Å². The van der Waals surface area contributed by atoms with Crippen LogP contribution in [0.4, 0.5) is 5.69 Å². The van der Waals surface area contributed by atoms with E-state index in [2.05, 4.69) is 0 Å². The average Bonchev–Trinajstić information content (AvgIpc) is 2.17. The van der Waals surface area contributed by atoms with Crippen molar-refractivity contribution in [2.75, 3.05) is 7.11 Å². The molecule has 7 heteroatoms. The first-order valence-corrected chi connectivity index (χ1v) is 4.10. The zero-order valence-electron chi connectivity index (χ0n) is 7.56. The molecule has 0 bridgehead atoms. The van der Waals surface area contributed by atoms with Crippen LogP contribution in [0.5, 0.6) is 5.75 Å². The number of carboxylic acid groups (broad SMARTS) is 1. The summed E-state index contributed by atoms with van der Waals surface area (Å²) in [5.41, 5.74) is -0.739. The number of aromatic carboxylic acids is 1. The Balaban J connectivity index is 3.45. The minimum absolute atomic E-state index is 0.0386. The fourth-order valence-corrected chi connectivity index (χ4v) is 1.26. The van der Waals surface area contributed by atoms with Crippen molar-refractivity contribution in [3.05, 3.63) is 32.8 Å². The van der Waals surface area contributed by atoms with Gasteiger partial charge in [-0.05, 0) is 0 Å². The molecule has 0 saturated carbocycles. The first-order valence-electron chi connectivity index (χ1n) is 3.72. The number of benzene rings is 1. The van der Waals surface area contributed by atoms with Gasteiger partial charge in [0, 0.05) is 6.07 Å². The summed E-state index contributed by atoms with van der Waals surface area (Å²) in [6.45, 7) is 0. The lowest BCUT2D eigenvalue weighted by atomic mass is 10.2. The average molecular weight is 232 g/mol. The molecule has 0 heterocycles. The van der Waals surface area contributed by atoms with Crippen LogP contribution in [0.2, 0.25) is 5.02 Å². The zero-order valence-corrected chi connectivity index (χ0v) is 8.32. The topological polar surface area (TPSA) is 89.7 Å². The van der Waals surface area contributed by atoms with Gasteiger partial charge in [-0.15, -0.1) is 0 Å². The van der Waals surface area contributed by atoms with Crippen LogP contribution in [0, 0.1) is 10.1 Å². The molecular weight excluding hydrogens is 226 g/mol. The maximum atomic E-state index is 10.7. The predicted octanol–water partition coefficient (Wildman–Crippen LogP) is 1.95. The van der Waals surface area contributed by atoms with E-state index < -0.39 is 10.9 Å². The maximum absolute atomic E-state index is 10.7. The number of carbonyl (C=O) groups is 1. The van der Waals surface area contributed by atoms with E-state index in [1.807, 2.05) is 0 Å². The number of nitro groups is 1. The number of nitrogens with zero attached hydrogens (tertiary/aromatic N) is 1. The van der Waals surface area contributed by atoms with Crippen molar-refractivity contribution < 1.29 is 19.6 Å². The van der Waals surface area contributed by atoms with Gasteiger partial charge in [0.2, 0.25) is 0 Å². The molecule has 0 aliphatic rings. The molecule has 80 valence electrons. The molecule has 0 aliphatic heterocycles. The van der Waals surface area contributed by atoms with Crippen molar-refractivity contribution in [1.82, 2.24) is 0 Å². The highest BCUT2D eigenvalue weighted by atomic mass is 35.5. The van der Waals surface area contributed by atoms with Crippen molar-refractivity contribution in [1.29, 1.82) is 0 Å². The minimum Gasteiger partial charge on any atom is -0.495 e. The van der Waals surface area contributed by atoms with Crippen LogP contribution in [0.25, 0.3) is 0 Å². The first-order chi connectivity index (χ1) is 6.97. The van der Waals surface area contributed by atoms with Gasteiger partial charge >= 0.3 is 5.97 Å². The fraction of sp³-hybridized carbons (Fsp3) is 0.125. The van der Waals surface area contributed by atoms with Gasteiger partial charge in [-0.1, -0.05) is 11.6 Å². The number of ether oxygens (including phenoxy) is 1. The highest BCUT2D eigenvalue weighted by Crippen LogP contribution is 2.32. The third-order valence-corrected chi connectivity index (χ3v) is 2.07. The quantitative estimate of drug-likeness (QED) is 0.634. The van der Waals surface area contributed by atoms with E-state index in [4.69, 9.17) is 21.4 Å². The third-order valence-electron chi connectivity index (χ3n) is 1.69. The monoisotopic (exact) mass is 231 g/mol. The van der Waals surface area contributed by atoms with Crippen LogP contribution in [-0.2, 0) is 0 Å². The fourth-order valence-electron chi connectivity index (χ4n) is 0.993. The van der Waals surface area contributed by atoms with Crippen LogP contribution in [-0.4, -0.2) is 23.1 Å². The number of rotatable bonds is 3. The molecule has 0 aliphatic carbocycles. The van der Waals surface area contributed by atoms with E-state index >= 15 is 0 Å².